The van der Waals surface area contributed by atoms with E-state index >= 15 is 0 Å². The van der Waals surface area contributed by atoms with E-state index in [1.54, 1.807) is 6.07 Å². The van der Waals surface area contributed by atoms with Gasteiger partial charge in [-0.15, -0.1) is 0 Å². The van der Waals surface area contributed by atoms with Crippen LogP contribution in [0, 0.1) is 17.2 Å². The second kappa shape index (κ2) is 4.78. The number of hydrogen-bond donors (Lipinski definition) is 1. The lowest BCUT2D eigenvalue weighted by Crippen LogP contribution is -1.96. The van der Waals surface area contributed by atoms with Crippen LogP contribution in [0.15, 0.2) is 18.2 Å². The van der Waals surface area contributed by atoms with E-state index in [4.69, 9.17) is 10.4 Å². The third-order valence-electron chi connectivity index (χ3n) is 2.01. The van der Waals surface area contributed by atoms with Gasteiger partial charge in [-0.2, -0.15) is 5.26 Å². The molecule has 0 spiro atoms. The molecule has 2 nitrogen and oxygen atoms in total. The molecule has 1 aromatic carbocycles. The van der Waals surface area contributed by atoms with Gasteiger partial charge in [-0.05, 0) is 35.6 Å². The van der Waals surface area contributed by atoms with Crippen molar-refractivity contribution in [2.75, 3.05) is 0 Å². The first kappa shape index (κ1) is 10.7. The number of aliphatic hydroxyl groups is 1. The van der Waals surface area contributed by atoms with Gasteiger partial charge in [0.25, 0.3) is 0 Å². The molecule has 1 aromatic rings. The van der Waals surface area contributed by atoms with Crippen molar-refractivity contribution in [3.63, 3.8) is 0 Å². The Balaban J connectivity index is 3.00. The molecule has 0 heterocycles. The lowest BCUT2D eigenvalue weighted by molar-refractivity contribution is 0.281. The number of nitrogens with zero attached hydrogens (tertiary/aromatic N) is 1. The molecule has 0 amide bonds. The number of aliphatic hydroxyl groups excluding tert-OH is 1. The van der Waals surface area contributed by atoms with Gasteiger partial charge in [-0.25, -0.2) is 0 Å². The standard InChI is InChI=1S/C12H15NO/c1-9(2)3-10-4-11(7-13)6-12(5-10)8-14/h4-6,9,14H,3,8H2,1-2H3. The van der Waals surface area contributed by atoms with E-state index in [1.165, 1.54) is 0 Å². The summed E-state index contributed by atoms with van der Waals surface area (Å²) < 4.78 is 0. The lowest BCUT2D eigenvalue weighted by Gasteiger charge is -2.07. The monoisotopic (exact) mass is 189 g/mol. The third kappa shape index (κ3) is 2.86. The molecule has 1 N–H and O–H groups in total. The van der Waals surface area contributed by atoms with Crippen LogP contribution in [0.3, 0.4) is 0 Å². The molecule has 74 valence electrons. The molecular formula is C12H15NO. The first-order valence-corrected chi connectivity index (χ1v) is 4.79. The van der Waals surface area contributed by atoms with Crippen LogP contribution in [-0.2, 0) is 13.0 Å². The Bertz CT molecular complexity index is 350. The minimum Gasteiger partial charge on any atom is -0.392 e. The van der Waals surface area contributed by atoms with Crippen LogP contribution in [0.5, 0.6) is 0 Å². The highest BCUT2D eigenvalue weighted by atomic mass is 16.3. The van der Waals surface area contributed by atoms with Gasteiger partial charge >= 0.3 is 0 Å². The maximum atomic E-state index is 9.01. The second-order valence-electron chi connectivity index (χ2n) is 3.91. The first-order chi connectivity index (χ1) is 6.65. The van der Waals surface area contributed by atoms with Crippen molar-refractivity contribution in [1.82, 2.24) is 0 Å². The van der Waals surface area contributed by atoms with Gasteiger partial charge in [0.15, 0.2) is 0 Å². The number of nitriles is 1. The fourth-order valence-electron chi connectivity index (χ4n) is 1.51. The zero-order chi connectivity index (χ0) is 10.6. The van der Waals surface area contributed by atoms with Crippen molar-refractivity contribution in [1.29, 1.82) is 5.26 Å². The third-order valence-corrected chi connectivity index (χ3v) is 2.01. The molecule has 14 heavy (non-hydrogen) atoms. The Morgan fingerprint density at radius 1 is 1.29 bits per heavy atom. The zero-order valence-electron chi connectivity index (χ0n) is 8.62. The van der Waals surface area contributed by atoms with E-state index in [1.807, 2.05) is 12.1 Å². The van der Waals surface area contributed by atoms with Crippen LogP contribution in [0.25, 0.3) is 0 Å². The van der Waals surface area contributed by atoms with Crippen LogP contribution in [0.1, 0.15) is 30.5 Å². The molecule has 2 heteroatoms. The summed E-state index contributed by atoms with van der Waals surface area (Å²) >= 11 is 0. The van der Waals surface area contributed by atoms with E-state index in [-0.39, 0.29) is 6.61 Å². The Hall–Kier alpha value is -1.33. The predicted octanol–water partition coefficient (Wildman–Crippen LogP) is 2.25. The van der Waals surface area contributed by atoms with Crippen LogP contribution in [-0.4, -0.2) is 5.11 Å². The largest absolute Gasteiger partial charge is 0.392 e. The van der Waals surface area contributed by atoms with Crippen molar-refractivity contribution < 1.29 is 5.11 Å². The highest BCUT2D eigenvalue weighted by molar-refractivity contribution is 5.37. The molecule has 0 aliphatic heterocycles. The fraction of sp³-hybridized carbons (Fsp3) is 0.417. The molecule has 0 bridgehead atoms. The smallest absolute Gasteiger partial charge is 0.0991 e. The normalized spacial score (nSPS) is 10.2. The molecule has 0 aliphatic carbocycles. The molecule has 0 radical (unpaired) electrons. The quantitative estimate of drug-likeness (QED) is 0.792. The van der Waals surface area contributed by atoms with E-state index < -0.39 is 0 Å². The Labute approximate surface area is 84.8 Å². The summed E-state index contributed by atoms with van der Waals surface area (Å²) in [6.45, 7) is 4.27. The van der Waals surface area contributed by atoms with Crippen LogP contribution in [0.2, 0.25) is 0 Å². The molecular weight excluding hydrogens is 174 g/mol. The number of hydrogen-bond acceptors (Lipinski definition) is 2. The minimum absolute atomic E-state index is 0.000610. The molecule has 0 aromatic heterocycles. The van der Waals surface area contributed by atoms with Crippen LogP contribution >= 0.6 is 0 Å². The van der Waals surface area contributed by atoms with Crippen molar-refractivity contribution in [2.45, 2.75) is 26.9 Å². The number of rotatable bonds is 3. The van der Waals surface area contributed by atoms with Crippen LogP contribution < -0.4 is 0 Å². The highest BCUT2D eigenvalue weighted by Crippen LogP contribution is 2.13. The molecule has 0 aliphatic rings. The first-order valence-electron chi connectivity index (χ1n) is 4.79. The highest BCUT2D eigenvalue weighted by Gasteiger charge is 2.02. The van der Waals surface area contributed by atoms with E-state index in [2.05, 4.69) is 19.9 Å². The Morgan fingerprint density at radius 2 is 1.93 bits per heavy atom. The van der Waals surface area contributed by atoms with Gasteiger partial charge in [0.1, 0.15) is 0 Å². The van der Waals surface area contributed by atoms with Gasteiger partial charge in [-0.3, -0.25) is 0 Å². The summed E-state index contributed by atoms with van der Waals surface area (Å²) in [5, 5.41) is 17.8. The summed E-state index contributed by atoms with van der Waals surface area (Å²) in [4.78, 5) is 0. The van der Waals surface area contributed by atoms with Gasteiger partial charge in [0, 0.05) is 0 Å². The van der Waals surface area contributed by atoms with E-state index in [9.17, 15) is 0 Å². The maximum Gasteiger partial charge on any atom is 0.0991 e. The van der Waals surface area contributed by atoms with Crippen molar-refractivity contribution in [3.8, 4) is 6.07 Å². The average Bonchev–Trinajstić information content (AvgIpc) is 2.16. The minimum atomic E-state index is 0.000610. The molecule has 0 saturated carbocycles. The molecule has 0 unspecified atom stereocenters. The Kier molecular flexibility index (Phi) is 3.67. The molecule has 0 fully saturated rings. The van der Waals surface area contributed by atoms with E-state index in [0.29, 0.717) is 11.5 Å². The fourth-order valence-corrected chi connectivity index (χ4v) is 1.51. The summed E-state index contributed by atoms with van der Waals surface area (Å²) in [7, 11) is 0. The van der Waals surface area contributed by atoms with Gasteiger partial charge in [0.05, 0.1) is 18.2 Å². The average molecular weight is 189 g/mol. The SMILES string of the molecule is CC(C)Cc1cc(C#N)cc(CO)c1. The zero-order valence-corrected chi connectivity index (χ0v) is 8.62. The molecule has 0 atom stereocenters. The summed E-state index contributed by atoms with van der Waals surface area (Å²) in [6.07, 6.45) is 0.947. The second-order valence-corrected chi connectivity index (χ2v) is 3.91. The molecule has 1 rings (SSSR count). The van der Waals surface area contributed by atoms with Crippen molar-refractivity contribution in [3.05, 3.63) is 34.9 Å². The van der Waals surface area contributed by atoms with E-state index in [0.717, 1.165) is 17.5 Å². The summed E-state index contributed by atoms with van der Waals surface area (Å²) in [6, 6.07) is 7.68. The van der Waals surface area contributed by atoms with Crippen molar-refractivity contribution in [2.24, 2.45) is 5.92 Å². The topological polar surface area (TPSA) is 44.0 Å². The summed E-state index contributed by atoms with van der Waals surface area (Å²) in [5.74, 6) is 0.565. The van der Waals surface area contributed by atoms with Gasteiger partial charge in [-0.1, -0.05) is 19.9 Å². The lowest BCUT2D eigenvalue weighted by atomic mass is 9.99. The Morgan fingerprint density at radius 3 is 2.43 bits per heavy atom. The van der Waals surface area contributed by atoms with Crippen molar-refractivity contribution >= 4 is 0 Å². The molecule has 0 saturated heterocycles. The maximum absolute atomic E-state index is 9.01. The predicted molar refractivity (Wildman–Crippen MR) is 55.6 cm³/mol. The number of benzene rings is 1. The van der Waals surface area contributed by atoms with Gasteiger partial charge in [0.2, 0.25) is 0 Å². The summed E-state index contributed by atoms with van der Waals surface area (Å²) in [5.41, 5.74) is 2.58. The van der Waals surface area contributed by atoms with Crippen LogP contribution in [0.4, 0.5) is 0 Å². The van der Waals surface area contributed by atoms with Gasteiger partial charge < -0.3 is 5.11 Å².